The highest BCUT2D eigenvalue weighted by molar-refractivity contribution is 5.76. The van der Waals surface area contributed by atoms with Crippen molar-refractivity contribution in [2.75, 3.05) is 6.61 Å². The summed E-state index contributed by atoms with van der Waals surface area (Å²) < 4.78 is 0. The summed E-state index contributed by atoms with van der Waals surface area (Å²) in [6.45, 7) is 4.13. The molecule has 0 saturated heterocycles. The molecular formula is C38H73NO4. The minimum atomic E-state index is -1.16. The van der Waals surface area contributed by atoms with Crippen LogP contribution >= 0.6 is 0 Å². The predicted molar refractivity (Wildman–Crippen MR) is 185 cm³/mol. The molecule has 5 heteroatoms. The topological polar surface area (TPSA) is 89.8 Å². The van der Waals surface area contributed by atoms with Crippen molar-refractivity contribution in [1.29, 1.82) is 0 Å². The molecule has 0 aromatic carbocycles. The molecule has 0 aromatic heterocycles. The van der Waals surface area contributed by atoms with Crippen LogP contribution in [0.4, 0.5) is 0 Å². The number of carbonyl (C=O) groups excluding carboxylic acids is 1. The number of aliphatic hydroxyl groups excluding tert-OH is 3. The van der Waals surface area contributed by atoms with Crippen LogP contribution in [0, 0.1) is 0 Å². The van der Waals surface area contributed by atoms with Crippen molar-refractivity contribution in [2.45, 2.75) is 205 Å². The standard InChI is InChI=1S/C38H73NO4/c1-3-5-7-9-11-13-15-17-18-19-20-21-23-25-27-29-31-33-37(42)39-35(34-40)38(43)36(41)32-30-28-26-24-22-16-14-12-10-8-6-4-2/h17-18,24,26,35-36,38,40-41,43H,3-16,19-23,25,27-34H2,1-2H3,(H,39,42)/b18-17-,26-24+. The van der Waals surface area contributed by atoms with Crippen molar-refractivity contribution in [1.82, 2.24) is 5.32 Å². The van der Waals surface area contributed by atoms with Crippen molar-refractivity contribution in [3.8, 4) is 0 Å². The molecule has 0 spiro atoms. The zero-order chi connectivity index (χ0) is 31.6. The van der Waals surface area contributed by atoms with Crippen LogP contribution < -0.4 is 5.32 Å². The first-order chi connectivity index (χ1) is 21.1. The molecule has 3 atom stereocenters. The van der Waals surface area contributed by atoms with Gasteiger partial charge in [0.05, 0.1) is 18.8 Å². The molecule has 0 bridgehead atoms. The Balaban J connectivity index is 3.73. The smallest absolute Gasteiger partial charge is 0.220 e. The minimum absolute atomic E-state index is 0.161. The van der Waals surface area contributed by atoms with E-state index in [1.807, 2.05) is 0 Å². The van der Waals surface area contributed by atoms with Crippen molar-refractivity contribution in [3.05, 3.63) is 24.3 Å². The number of hydrogen-bond donors (Lipinski definition) is 4. The van der Waals surface area contributed by atoms with E-state index >= 15 is 0 Å². The second-order valence-corrected chi connectivity index (χ2v) is 12.8. The van der Waals surface area contributed by atoms with Gasteiger partial charge in [-0.05, 0) is 64.2 Å². The number of allylic oxidation sites excluding steroid dienone is 4. The Morgan fingerprint density at radius 2 is 0.930 bits per heavy atom. The first kappa shape index (κ1) is 41.8. The first-order valence-electron chi connectivity index (χ1n) is 18.6. The Labute approximate surface area is 267 Å². The zero-order valence-corrected chi connectivity index (χ0v) is 28.6. The molecule has 5 nitrogen and oxygen atoms in total. The summed E-state index contributed by atoms with van der Waals surface area (Å²) in [6.07, 6.45) is 38.4. The number of carbonyl (C=O) groups is 1. The largest absolute Gasteiger partial charge is 0.394 e. The molecule has 3 unspecified atom stereocenters. The van der Waals surface area contributed by atoms with Crippen LogP contribution in [0.5, 0.6) is 0 Å². The molecule has 0 heterocycles. The van der Waals surface area contributed by atoms with E-state index in [0.29, 0.717) is 12.8 Å². The number of unbranched alkanes of at least 4 members (excludes halogenated alkanes) is 21. The highest BCUT2D eigenvalue weighted by Gasteiger charge is 2.26. The van der Waals surface area contributed by atoms with Crippen LogP contribution in [0.15, 0.2) is 24.3 Å². The van der Waals surface area contributed by atoms with E-state index in [0.717, 1.165) is 38.5 Å². The minimum Gasteiger partial charge on any atom is -0.394 e. The van der Waals surface area contributed by atoms with E-state index in [2.05, 4.69) is 43.5 Å². The van der Waals surface area contributed by atoms with E-state index in [4.69, 9.17) is 0 Å². The summed E-state index contributed by atoms with van der Waals surface area (Å²) in [5, 5.41) is 33.3. The number of rotatable bonds is 33. The van der Waals surface area contributed by atoms with Crippen molar-refractivity contribution in [2.24, 2.45) is 0 Å². The third kappa shape index (κ3) is 29.3. The van der Waals surface area contributed by atoms with Crippen LogP contribution in [-0.4, -0.2) is 46.1 Å². The molecule has 1 amide bonds. The van der Waals surface area contributed by atoms with Gasteiger partial charge in [0.25, 0.3) is 0 Å². The van der Waals surface area contributed by atoms with E-state index in [1.165, 1.54) is 122 Å². The number of aliphatic hydroxyl groups is 3. The third-order valence-electron chi connectivity index (χ3n) is 8.53. The summed E-state index contributed by atoms with van der Waals surface area (Å²) in [6, 6.07) is -0.824. The lowest BCUT2D eigenvalue weighted by molar-refractivity contribution is -0.124. The monoisotopic (exact) mass is 608 g/mol. The summed E-state index contributed by atoms with van der Waals surface area (Å²) in [5.41, 5.74) is 0. The van der Waals surface area contributed by atoms with Gasteiger partial charge < -0.3 is 20.6 Å². The Hall–Kier alpha value is -1.17. The molecule has 0 aromatic rings. The van der Waals surface area contributed by atoms with Crippen LogP contribution in [-0.2, 0) is 4.79 Å². The van der Waals surface area contributed by atoms with Gasteiger partial charge in [-0.15, -0.1) is 0 Å². The maximum absolute atomic E-state index is 12.3. The second-order valence-electron chi connectivity index (χ2n) is 12.8. The van der Waals surface area contributed by atoms with Gasteiger partial charge in [-0.2, -0.15) is 0 Å². The van der Waals surface area contributed by atoms with Gasteiger partial charge in [-0.1, -0.05) is 141 Å². The third-order valence-corrected chi connectivity index (χ3v) is 8.53. The molecule has 254 valence electrons. The van der Waals surface area contributed by atoms with Gasteiger partial charge in [0.2, 0.25) is 5.91 Å². The van der Waals surface area contributed by atoms with Gasteiger partial charge in [0.15, 0.2) is 0 Å². The molecule has 0 fully saturated rings. The predicted octanol–water partition coefficient (Wildman–Crippen LogP) is 9.87. The van der Waals surface area contributed by atoms with Gasteiger partial charge in [0.1, 0.15) is 6.10 Å². The maximum atomic E-state index is 12.3. The second kappa shape index (κ2) is 33.7. The van der Waals surface area contributed by atoms with Crippen molar-refractivity contribution in [3.63, 3.8) is 0 Å². The van der Waals surface area contributed by atoms with Crippen LogP contribution in [0.1, 0.15) is 187 Å². The van der Waals surface area contributed by atoms with Gasteiger partial charge in [0, 0.05) is 6.42 Å². The van der Waals surface area contributed by atoms with Gasteiger partial charge in [-0.3, -0.25) is 4.79 Å². The fourth-order valence-corrected chi connectivity index (χ4v) is 5.57. The fraction of sp³-hybridized carbons (Fsp3) is 0.868. The molecule has 43 heavy (non-hydrogen) atoms. The number of hydrogen-bond acceptors (Lipinski definition) is 4. The van der Waals surface area contributed by atoms with E-state index in [1.54, 1.807) is 0 Å². The summed E-state index contributed by atoms with van der Waals surface area (Å²) in [4.78, 5) is 12.3. The highest BCUT2D eigenvalue weighted by Crippen LogP contribution is 2.13. The lowest BCUT2D eigenvalue weighted by Crippen LogP contribution is -2.50. The summed E-state index contributed by atoms with van der Waals surface area (Å²) in [7, 11) is 0. The Morgan fingerprint density at radius 3 is 1.35 bits per heavy atom. The van der Waals surface area contributed by atoms with Crippen molar-refractivity contribution < 1.29 is 20.1 Å². The zero-order valence-electron chi connectivity index (χ0n) is 28.6. The molecule has 0 aliphatic carbocycles. The highest BCUT2D eigenvalue weighted by atomic mass is 16.3. The average Bonchev–Trinajstić information content (AvgIpc) is 3.01. The molecule has 0 aliphatic heterocycles. The van der Waals surface area contributed by atoms with E-state index in [-0.39, 0.29) is 12.5 Å². The molecule has 0 aliphatic rings. The number of amides is 1. The van der Waals surface area contributed by atoms with E-state index < -0.39 is 18.2 Å². The quantitative estimate of drug-likeness (QED) is 0.0441. The lowest BCUT2D eigenvalue weighted by atomic mass is 10.0. The van der Waals surface area contributed by atoms with Crippen molar-refractivity contribution >= 4 is 5.91 Å². The molecule has 0 saturated carbocycles. The van der Waals surface area contributed by atoms with E-state index in [9.17, 15) is 20.1 Å². The van der Waals surface area contributed by atoms with Crippen LogP contribution in [0.3, 0.4) is 0 Å². The van der Waals surface area contributed by atoms with Gasteiger partial charge >= 0.3 is 0 Å². The summed E-state index contributed by atoms with van der Waals surface area (Å²) in [5.74, 6) is -0.161. The summed E-state index contributed by atoms with van der Waals surface area (Å²) >= 11 is 0. The molecular weight excluding hydrogens is 534 g/mol. The normalized spacial score (nSPS) is 14.1. The maximum Gasteiger partial charge on any atom is 0.220 e. The Kier molecular flexibility index (Phi) is 32.8. The SMILES string of the molecule is CCCCCCCC/C=C\CCCCCCCCCC(=O)NC(CO)C(O)C(O)CCC/C=C/CCCCCCCCC. The molecule has 4 N–H and O–H groups in total. The lowest BCUT2D eigenvalue weighted by Gasteiger charge is -2.26. The van der Waals surface area contributed by atoms with Gasteiger partial charge in [-0.25, -0.2) is 0 Å². The van der Waals surface area contributed by atoms with Crippen LogP contribution in [0.25, 0.3) is 0 Å². The van der Waals surface area contributed by atoms with Crippen LogP contribution in [0.2, 0.25) is 0 Å². The Morgan fingerprint density at radius 1 is 0.558 bits per heavy atom. The molecule has 0 radical (unpaired) electrons. The Bertz CT molecular complexity index is 635. The number of nitrogens with one attached hydrogen (secondary N) is 1. The first-order valence-corrected chi connectivity index (χ1v) is 18.6. The molecule has 0 rings (SSSR count). The fourth-order valence-electron chi connectivity index (χ4n) is 5.57. The average molecular weight is 608 g/mol.